The van der Waals surface area contributed by atoms with Crippen molar-refractivity contribution in [1.29, 1.82) is 0 Å². The Balaban J connectivity index is 4.64. The minimum Gasteiger partial charge on any atom is -0.828 e. The van der Waals surface area contributed by atoms with Gasteiger partial charge in [0.15, 0.2) is 5.60 Å². The Hall–Kier alpha value is -0.790. The Bertz CT molecular complexity index is 366. The number of halogens is 7. The van der Waals surface area contributed by atoms with Crippen molar-refractivity contribution in [2.45, 2.75) is 24.4 Å². The van der Waals surface area contributed by atoms with Crippen LogP contribution in [0, 0.1) is 0 Å². The number of carbonyl (C=O) groups excluding carboxylic acids is 2. The number of hydrogen-bond acceptors (Lipinski definition) is 5. The van der Waals surface area contributed by atoms with Gasteiger partial charge in [-0.05, 0) is 0 Å². The first-order valence-electron chi connectivity index (χ1n) is 5.10. The lowest BCUT2D eigenvalue weighted by molar-refractivity contribution is -0.574. The molecule has 0 aliphatic rings. The molecule has 0 aliphatic carbocycles. The third kappa shape index (κ3) is 5.16. The van der Waals surface area contributed by atoms with E-state index < -0.39 is 43.1 Å². The molecule has 0 bridgehead atoms. The standard InChI is InChI=1S/C9H8F6IO5/c10-8(11,12)7(19,9(13,14)15)6(18)21-4-3-20-5(17)1-2-16/h1-4H2/q-1. The van der Waals surface area contributed by atoms with Crippen LogP contribution in [0.3, 0.4) is 0 Å². The summed E-state index contributed by atoms with van der Waals surface area (Å²) in [5.74, 6) is -3.83. The molecule has 0 saturated carbocycles. The maximum atomic E-state index is 12.2. The third-order valence-electron chi connectivity index (χ3n) is 1.96. The van der Waals surface area contributed by atoms with Gasteiger partial charge in [-0.1, -0.05) is 22.6 Å². The second-order valence-corrected chi connectivity index (χ2v) is 4.55. The lowest BCUT2D eigenvalue weighted by Crippen LogP contribution is -2.71. The van der Waals surface area contributed by atoms with Crippen molar-refractivity contribution in [1.82, 2.24) is 0 Å². The highest BCUT2D eigenvalue weighted by Crippen LogP contribution is 2.41. The number of esters is 2. The van der Waals surface area contributed by atoms with E-state index in [4.69, 9.17) is 0 Å². The zero-order chi connectivity index (χ0) is 16.9. The maximum Gasteiger partial charge on any atom is 0.399 e. The quantitative estimate of drug-likeness (QED) is 0.205. The zero-order valence-electron chi connectivity index (χ0n) is 10.0. The van der Waals surface area contributed by atoms with Crippen LogP contribution in [0.2, 0.25) is 0 Å². The SMILES string of the molecule is O=C(CCI)OCCOC(=O)C([O-])(C(F)(F)F)C(F)(F)F. The summed E-state index contributed by atoms with van der Waals surface area (Å²) in [5, 5.41) is 10.8. The van der Waals surface area contributed by atoms with Gasteiger partial charge in [0.05, 0.1) is 6.42 Å². The summed E-state index contributed by atoms with van der Waals surface area (Å²) >= 11 is 1.82. The van der Waals surface area contributed by atoms with Crippen LogP contribution >= 0.6 is 22.6 Å². The number of rotatable bonds is 6. The molecule has 21 heavy (non-hydrogen) atoms. The van der Waals surface area contributed by atoms with E-state index in [1.54, 1.807) is 0 Å². The van der Waals surface area contributed by atoms with E-state index in [2.05, 4.69) is 9.47 Å². The monoisotopic (exact) mass is 437 g/mol. The molecule has 0 heterocycles. The summed E-state index contributed by atoms with van der Waals surface area (Å²) in [4.78, 5) is 21.6. The van der Waals surface area contributed by atoms with Crippen LogP contribution in [-0.4, -0.2) is 47.5 Å². The molecule has 0 aromatic carbocycles. The van der Waals surface area contributed by atoms with Gasteiger partial charge in [0.25, 0.3) is 0 Å². The van der Waals surface area contributed by atoms with E-state index in [9.17, 15) is 41.0 Å². The predicted molar refractivity (Wildman–Crippen MR) is 60.3 cm³/mol. The van der Waals surface area contributed by atoms with Crippen molar-refractivity contribution in [2.24, 2.45) is 0 Å². The number of ether oxygens (including phenoxy) is 2. The number of hydrogen-bond donors (Lipinski definition) is 0. The van der Waals surface area contributed by atoms with Crippen LogP contribution in [-0.2, 0) is 19.1 Å². The normalized spacial score (nSPS) is 13.0. The van der Waals surface area contributed by atoms with Gasteiger partial charge in [0.1, 0.15) is 13.2 Å². The van der Waals surface area contributed by atoms with E-state index in [1.165, 1.54) is 0 Å². The molecule has 0 aliphatic heterocycles. The second-order valence-electron chi connectivity index (χ2n) is 3.47. The Morgan fingerprint density at radius 1 is 0.952 bits per heavy atom. The maximum absolute atomic E-state index is 12.2. The highest BCUT2D eigenvalue weighted by Gasteiger charge is 2.68. The topological polar surface area (TPSA) is 75.7 Å². The molecule has 0 unspecified atom stereocenters. The molecule has 0 aromatic heterocycles. The zero-order valence-corrected chi connectivity index (χ0v) is 12.2. The Morgan fingerprint density at radius 3 is 1.76 bits per heavy atom. The van der Waals surface area contributed by atoms with Gasteiger partial charge in [-0.15, -0.1) is 0 Å². The summed E-state index contributed by atoms with van der Waals surface area (Å²) in [6.07, 6.45) is -12.9. The van der Waals surface area contributed by atoms with Crippen LogP contribution in [0.5, 0.6) is 0 Å². The summed E-state index contributed by atoms with van der Waals surface area (Å²) in [6, 6.07) is 0. The third-order valence-corrected chi connectivity index (χ3v) is 2.50. The number of carbonyl (C=O) groups is 2. The summed E-state index contributed by atoms with van der Waals surface area (Å²) < 4.78 is 81.3. The van der Waals surface area contributed by atoms with Crippen molar-refractivity contribution >= 4 is 34.5 Å². The van der Waals surface area contributed by atoms with Gasteiger partial charge < -0.3 is 14.6 Å². The average molecular weight is 437 g/mol. The Kier molecular flexibility index (Phi) is 7.19. The first-order chi connectivity index (χ1) is 9.38. The minimum absolute atomic E-state index is 0.0366. The van der Waals surface area contributed by atoms with Crippen LogP contribution in [0.15, 0.2) is 0 Å². The number of alkyl halides is 7. The van der Waals surface area contributed by atoms with Crippen molar-refractivity contribution in [2.75, 3.05) is 17.6 Å². The minimum atomic E-state index is -6.42. The summed E-state index contributed by atoms with van der Waals surface area (Å²) in [6.45, 7) is -1.85. The van der Waals surface area contributed by atoms with E-state index in [-0.39, 0.29) is 6.42 Å². The smallest absolute Gasteiger partial charge is 0.399 e. The fraction of sp³-hybridized carbons (Fsp3) is 0.778. The van der Waals surface area contributed by atoms with Crippen molar-refractivity contribution < 1.29 is 50.5 Å². The lowest BCUT2D eigenvalue weighted by atomic mass is 10.0. The molecule has 0 rings (SSSR count). The molecule has 0 N–H and O–H groups in total. The van der Waals surface area contributed by atoms with Crippen molar-refractivity contribution in [3.8, 4) is 0 Å². The van der Waals surface area contributed by atoms with Crippen LogP contribution < -0.4 is 5.11 Å². The van der Waals surface area contributed by atoms with Crippen LogP contribution in [0.1, 0.15) is 6.42 Å². The van der Waals surface area contributed by atoms with Crippen molar-refractivity contribution in [3.05, 3.63) is 0 Å². The molecule has 0 atom stereocenters. The molecule has 0 fully saturated rings. The lowest BCUT2D eigenvalue weighted by Gasteiger charge is -2.40. The summed E-state index contributed by atoms with van der Waals surface area (Å²) in [5.41, 5.74) is -5.88. The molecule has 0 spiro atoms. The largest absolute Gasteiger partial charge is 0.828 e. The van der Waals surface area contributed by atoms with Crippen LogP contribution in [0.4, 0.5) is 26.3 Å². The van der Waals surface area contributed by atoms with Gasteiger partial charge in [-0.3, -0.25) is 9.59 Å². The highest BCUT2D eigenvalue weighted by atomic mass is 127. The molecule has 0 aromatic rings. The molecule has 0 radical (unpaired) electrons. The van der Waals surface area contributed by atoms with Crippen LogP contribution in [0.25, 0.3) is 0 Å². The molecule has 0 saturated heterocycles. The van der Waals surface area contributed by atoms with Gasteiger partial charge >= 0.3 is 24.3 Å². The fourth-order valence-corrected chi connectivity index (χ4v) is 1.37. The van der Waals surface area contributed by atoms with Gasteiger partial charge in [0.2, 0.25) is 0 Å². The first kappa shape index (κ1) is 20.2. The first-order valence-corrected chi connectivity index (χ1v) is 6.63. The van der Waals surface area contributed by atoms with Gasteiger partial charge in [0, 0.05) is 4.43 Å². The molecule has 124 valence electrons. The molecule has 0 amide bonds. The van der Waals surface area contributed by atoms with Gasteiger partial charge in [-0.25, -0.2) is 0 Å². The van der Waals surface area contributed by atoms with Gasteiger partial charge in [-0.2, -0.15) is 26.3 Å². The predicted octanol–water partition coefficient (Wildman–Crippen LogP) is 1.12. The summed E-state index contributed by atoms with van der Waals surface area (Å²) in [7, 11) is 0. The Labute approximate surface area is 127 Å². The average Bonchev–Trinajstić information content (AvgIpc) is 2.30. The van der Waals surface area contributed by atoms with Crippen molar-refractivity contribution in [3.63, 3.8) is 0 Å². The molecular formula is C9H8F6IO5-. The molecule has 5 nitrogen and oxygen atoms in total. The highest BCUT2D eigenvalue weighted by molar-refractivity contribution is 14.1. The van der Waals surface area contributed by atoms with E-state index in [0.29, 0.717) is 4.43 Å². The van der Waals surface area contributed by atoms with E-state index in [0.717, 1.165) is 0 Å². The molecular weight excluding hydrogens is 429 g/mol. The van der Waals surface area contributed by atoms with E-state index >= 15 is 0 Å². The second kappa shape index (κ2) is 7.47. The fourth-order valence-electron chi connectivity index (χ4n) is 0.933. The Morgan fingerprint density at radius 2 is 1.38 bits per heavy atom. The molecule has 12 heteroatoms. The van der Waals surface area contributed by atoms with E-state index in [1.807, 2.05) is 22.6 Å².